The predicted octanol–water partition coefficient (Wildman–Crippen LogP) is 6.07. The minimum atomic E-state index is -0.898. The highest BCUT2D eigenvalue weighted by Gasteiger charge is 2.01. The third-order valence-electron chi connectivity index (χ3n) is 3.57. The average Bonchev–Trinajstić information content (AvgIpc) is 2.37. The van der Waals surface area contributed by atoms with Crippen molar-refractivity contribution in [2.24, 2.45) is 5.92 Å². The van der Waals surface area contributed by atoms with Crippen molar-refractivity contribution < 1.29 is 9.90 Å². The Labute approximate surface area is 136 Å². The quantitative estimate of drug-likeness (QED) is 0.302. The molecule has 0 saturated heterocycles. The lowest BCUT2D eigenvalue weighted by molar-refractivity contribution is -0.131. The van der Waals surface area contributed by atoms with Crippen LogP contribution in [0.15, 0.2) is 47.1 Å². The average molecular weight is 304 g/mol. The maximum Gasteiger partial charge on any atom is 0.328 e. The van der Waals surface area contributed by atoms with E-state index in [9.17, 15) is 4.79 Å². The molecule has 1 unspecified atom stereocenters. The number of hydrogen-bond acceptors (Lipinski definition) is 1. The molecule has 0 fully saturated rings. The van der Waals surface area contributed by atoms with Crippen LogP contribution in [0.1, 0.15) is 66.7 Å². The molecule has 0 rings (SSSR count). The summed E-state index contributed by atoms with van der Waals surface area (Å²) < 4.78 is 0. The molecule has 2 nitrogen and oxygen atoms in total. The van der Waals surface area contributed by atoms with Crippen molar-refractivity contribution in [1.29, 1.82) is 0 Å². The minimum Gasteiger partial charge on any atom is -0.478 e. The van der Waals surface area contributed by atoms with E-state index in [2.05, 4.69) is 39.8 Å². The molecule has 0 spiro atoms. The second-order valence-electron chi connectivity index (χ2n) is 6.45. The third-order valence-corrected chi connectivity index (χ3v) is 3.57. The van der Waals surface area contributed by atoms with Gasteiger partial charge in [-0.2, -0.15) is 0 Å². The van der Waals surface area contributed by atoms with Gasteiger partial charge in [-0.3, -0.25) is 0 Å². The van der Waals surface area contributed by atoms with Crippen LogP contribution >= 0.6 is 0 Å². The van der Waals surface area contributed by atoms with Gasteiger partial charge in [0.15, 0.2) is 0 Å². The zero-order chi connectivity index (χ0) is 17.0. The van der Waals surface area contributed by atoms with Crippen molar-refractivity contribution in [2.45, 2.75) is 66.7 Å². The Hall–Kier alpha value is -1.57. The van der Waals surface area contributed by atoms with E-state index in [0.717, 1.165) is 17.9 Å². The zero-order valence-electron chi connectivity index (χ0n) is 14.9. The van der Waals surface area contributed by atoms with Gasteiger partial charge in [0.1, 0.15) is 0 Å². The van der Waals surface area contributed by atoms with Crippen LogP contribution in [-0.4, -0.2) is 11.1 Å². The number of carboxylic acids is 1. The zero-order valence-corrected chi connectivity index (χ0v) is 14.9. The van der Waals surface area contributed by atoms with E-state index in [-0.39, 0.29) is 0 Å². The Bertz CT molecular complexity index is 446. The van der Waals surface area contributed by atoms with Crippen molar-refractivity contribution in [3.8, 4) is 0 Å². The molecule has 0 saturated carbocycles. The highest BCUT2D eigenvalue weighted by atomic mass is 16.4. The molecule has 1 atom stereocenters. The van der Waals surface area contributed by atoms with Gasteiger partial charge in [-0.15, -0.1) is 0 Å². The normalized spacial score (nSPS) is 14.2. The summed E-state index contributed by atoms with van der Waals surface area (Å²) in [5, 5.41) is 8.62. The first-order valence-corrected chi connectivity index (χ1v) is 8.19. The van der Waals surface area contributed by atoms with Crippen LogP contribution in [0.25, 0.3) is 0 Å². The molecule has 22 heavy (non-hydrogen) atoms. The van der Waals surface area contributed by atoms with Gasteiger partial charge in [-0.05, 0) is 64.9 Å². The summed E-state index contributed by atoms with van der Waals surface area (Å²) in [7, 11) is 0. The Morgan fingerprint density at radius 1 is 1.14 bits per heavy atom. The van der Waals surface area contributed by atoms with Gasteiger partial charge < -0.3 is 5.11 Å². The Balaban J connectivity index is 4.00. The van der Waals surface area contributed by atoms with E-state index in [1.807, 2.05) is 12.2 Å². The van der Waals surface area contributed by atoms with Gasteiger partial charge in [-0.25, -0.2) is 4.79 Å². The van der Waals surface area contributed by atoms with Crippen molar-refractivity contribution in [1.82, 2.24) is 0 Å². The fraction of sp³-hybridized carbons (Fsp3) is 0.550. The molecule has 0 radical (unpaired) electrons. The summed E-state index contributed by atoms with van der Waals surface area (Å²) in [6, 6.07) is 0. The first kappa shape index (κ1) is 20.4. The Kier molecular flexibility index (Phi) is 11.2. The van der Waals surface area contributed by atoms with Crippen molar-refractivity contribution in [3.05, 3.63) is 47.1 Å². The number of allylic oxidation sites excluding steroid dienone is 7. The lowest BCUT2D eigenvalue weighted by Crippen LogP contribution is -1.94. The third kappa shape index (κ3) is 13.4. The molecular weight excluding hydrogens is 272 g/mol. The first-order chi connectivity index (χ1) is 10.3. The van der Waals surface area contributed by atoms with Gasteiger partial charge in [-0.1, -0.05) is 48.8 Å². The van der Waals surface area contributed by atoms with Crippen molar-refractivity contribution in [2.75, 3.05) is 0 Å². The number of carboxylic acid groups (broad SMARTS) is 1. The van der Waals surface area contributed by atoms with Crippen LogP contribution in [0.4, 0.5) is 0 Å². The van der Waals surface area contributed by atoms with Crippen molar-refractivity contribution in [3.63, 3.8) is 0 Å². The molecule has 0 aromatic heterocycles. The molecule has 1 N–H and O–H groups in total. The predicted molar refractivity (Wildman–Crippen MR) is 96.0 cm³/mol. The Morgan fingerprint density at radius 2 is 1.82 bits per heavy atom. The topological polar surface area (TPSA) is 37.3 Å². The number of rotatable bonds is 10. The molecule has 0 heterocycles. The second-order valence-corrected chi connectivity index (χ2v) is 6.45. The van der Waals surface area contributed by atoms with Crippen LogP contribution in [0.5, 0.6) is 0 Å². The van der Waals surface area contributed by atoms with Gasteiger partial charge in [0, 0.05) is 6.08 Å². The van der Waals surface area contributed by atoms with Crippen LogP contribution in [0.3, 0.4) is 0 Å². The van der Waals surface area contributed by atoms with Crippen LogP contribution in [0.2, 0.25) is 0 Å². The van der Waals surface area contributed by atoms with Gasteiger partial charge >= 0.3 is 5.97 Å². The number of hydrogen-bond donors (Lipinski definition) is 1. The largest absolute Gasteiger partial charge is 0.478 e. The second kappa shape index (κ2) is 12.0. The SMILES string of the molecule is CC(C)=CCCC(C)CCC/C(C)=C/C=C/C(C)=C/C(=O)O. The van der Waals surface area contributed by atoms with Gasteiger partial charge in [0.25, 0.3) is 0 Å². The molecule has 0 aromatic carbocycles. The highest BCUT2D eigenvalue weighted by molar-refractivity contribution is 5.81. The number of carbonyl (C=O) groups is 1. The minimum absolute atomic E-state index is 0.754. The summed E-state index contributed by atoms with van der Waals surface area (Å²) in [5.74, 6) is -0.121. The molecular formula is C20H32O2. The molecule has 2 heteroatoms. The molecule has 0 aliphatic rings. The van der Waals surface area contributed by atoms with Gasteiger partial charge in [0.2, 0.25) is 0 Å². The standard InChI is InChI=1S/C20H32O2/c1-16(2)9-6-10-17(3)11-7-12-18(4)13-8-14-19(5)15-20(21)22/h8-9,13-15,17H,6-7,10-12H2,1-5H3,(H,21,22)/b14-8+,18-13+,19-15+. The van der Waals surface area contributed by atoms with Gasteiger partial charge in [0.05, 0.1) is 0 Å². The summed E-state index contributed by atoms with van der Waals surface area (Å²) in [6.45, 7) is 10.6. The first-order valence-electron chi connectivity index (χ1n) is 8.19. The van der Waals surface area contributed by atoms with E-state index < -0.39 is 5.97 Å². The smallest absolute Gasteiger partial charge is 0.328 e. The van der Waals surface area contributed by atoms with E-state index in [4.69, 9.17) is 5.11 Å². The van der Waals surface area contributed by atoms with Crippen LogP contribution in [-0.2, 0) is 4.79 Å². The molecule has 0 aliphatic heterocycles. The maximum atomic E-state index is 10.5. The molecule has 0 aromatic rings. The van der Waals surface area contributed by atoms with E-state index >= 15 is 0 Å². The molecule has 0 aliphatic carbocycles. The maximum absolute atomic E-state index is 10.5. The highest BCUT2D eigenvalue weighted by Crippen LogP contribution is 2.17. The number of aliphatic carboxylic acids is 1. The fourth-order valence-corrected chi connectivity index (χ4v) is 2.22. The Morgan fingerprint density at radius 3 is 2.41 bits per heavy atom. The van der Waals surface area contributed by atoms with E-state index in [1.54, 1.807) is 6.92 Å². The fourth-order valence-electron chi connectivity index (χ4n) is 2.22. The monoisotopic (exact) mass is 304 g/mol. The summed E-state index contributed by atoms with van der Waals surface area (Å²) >= 11 is 0. The van der Waals surface area contributed by atoms with Crippen LogP contribution < -0.4 is 0 Å². The lowest BCUT2D eigenvalue weighted by Gasteiger charge is -2.09. The summed E-state index contributed by atoms with van der Waals surface area (Å²) in [6.07, 6.45) is 15.4. The van der Waals surface area contributed by atoms with E-state index in [0.29, 0.717) is 0 Å². The van der Waals surface area contributed by atoms with E-state index in [1.165, 1.54) is 42.9 Å². The summed E-state index contributed by atoms with van der Waals surface area (Å²) in [5.41, 5.74) is 3.50. The van der Waals surface area contributed by atoms with Crippen molar-refractivity contribution >= 4 is 5.97 Å². The molecule has 0 bridgehead atoms. The molecule has 124 valence electrons. The summed E-state index contributed by atoms with van der Waals surface area (Å²) in [4.78, 5) is 10.5. The lowest BCUT2D eigenvalue weighted by atomic mass is 9.97. The molecule has 0 amide bonds. The van der Waals surface area contributed by atoms with Crippen LogP contribution in [0, 0.1) is 5.92 Å².